The highest BCUT2D eigenvalue weighted by Gasteiger charge is 2.11. The fourth-order valence-electron chi connectivity index (χ4n) is 1.56. The molecule has 1 aromatic carbocycles. The Morgan fingerprint density at radius 1 is 1.25 bits per heavy atom. The van der Waals surface area contributed by atoms with Crippen molar-refractivity contribution in [3.63, 3.8) is 0 Å². The predicted molar refractivity (Wildman–Crippen MR) is 69.9 cm³/mol. The first-order chi connectivity index (χ1) is 9.29. The van der Waals surface area contributed by atoms with Crippen LogP contribution in [0.5, 0.6) is 0 Å². The molecule has 0 saturated heterocycles. The standard InChI is InChI=1S/C12H10N2O5S/c1-20(18,19)9-4-2-3-8(7-9)14-11(15)6-5-10(13-14)12(16)17/h2-7H,1H3,(H,16,17). The Kier molecular flexibility index (Phi) is 3.41. The van der Waals surface area contributed by atoms with Crippen molar-refractivity contribution in [2.24, 2.45) is 0 Å². The molecule has 1 aromatic heterocycles. The Morgan fingerprint density at radius 2 is 1.95 bits per heavy atom. The smallest absolute Gasteiger partial charge is 0.356 e. The molecule has 20 heavy (non-hydrogen) atoms. The largest absolute Gasteiger partial charge is 0.476 e. The topological polar surface area (TPSA) is 106 Å². The van der Waals surface area contributed by atoms with Gasteiger partial charge in [0.15, 0.2) is 15.5 Å². The molecule has 0 radical (unpaired) electrons. The summed E-state index contributed by atoms with van der Waals surface area (Å²) in [7, 11) is -3.43. The van der Waals surface area contributed by atoms with Crippen LogP contribution in [-0.4, -0.2) is 35.5 Å². The minimum Gasteiger partial charge on any atom is -0.476 e. The maximum absolute atomic E-state index is 11.7. The fourth-order valence-corrected chi connectivity index (χ4v) is 2.22. The Balaban J connectivity index is 2.66. The van der Waals surface area contributed by atoms with Gasteiger partial charge in [-0.2, -0.15) is 9.78 Å². The van der Waals surface area contributed by atoms with Crippen LogP contribution in [0.4, 0.5) is 0 Å². The van der Waals surface area contributed by atoms with Gasteiger partial charge >= 0.3 is 5.97 Å². The van der Waals surface area contributed by atoms with E-state index in [9.17, 15) is 18.0 Å². The number of hydrogen-bond donors (Lipinski definition) is 1. The SMILES string of the molecule is CS(=O)(=O)c1cccc(-n2nc(C(=O)O)ccc2=O)c1. The number of aromatic carboxylic acids is 1. The third kappa shape index (κ3) is 2.75. The molecule has 0 aliphatic rings. The quantitative estimate of drug-likeness (QED) is 0.874. The highest BCUT2D eigenvalue weighted by atomic mass is 32.2. The van der Waals surface area contributed by atoms with E-state index < -0.39 is 21.4 Å². The lowest BCUT2D eigenvalue weighted by molar-refractivity contribution is 0.0688. The van der Waals surface area contributed by atoms with E-state index in [1.807, 2.05) is 0 Å². The molecular formula is C12H10N2O5S. The van der Waals surface area contributed by atoms with Crippen molar-refractivity contribution >= 4 is 15.8 Å². The molecule has 8 heteroatoms. The van der Waals surface area contributed by atoms with E-state index in [1.165, 1.54) is 24.3 Å². The van der Waals surface area contributed by atoms with Crippen LogP contribution >= 0.6 is 0 Å². The second-order valence-corrected chi connectivity index (χ2v) is 6.06. The molecule has 0 aliphatic carbocycles. The first-order valence-electron chi connectivity index (χ1n) is 5.43. The monoisotopic (exact) mass is 294 g/mol. The summed E-state index contributed by atoms with van der Waals surface area (Å²) in [6.45, 7) is 0. The number of aromatic nitrogens is 2. The average Bonchev–Trinajstić information content (AvgIpc) is 2.38. The highest BCUT2D eigenvalue weighted by molar-refractivity contribution is 7.90. The van der Waals surface area contributed by atoms with Crippen LogP contribution in [0.2, 0.25) is 0 Å². The number of hydrogen-bond acceptors (Lipinski definition) is 5. The van der Waals surface area contributed by atoms with Crippen molar-refractivity contribution in [2.75, 3.05) is 6.26 Å². The molecule has 0 amide bonds. The molecule has 0 bridgehead atoms. The highest BCUT2D eigenvalue weighted by Crippen LogP contribution is 2.13. The lowest BCUT2D eigenvalue weighted by atomic mass is 10.3. The van der Waals surface area contributed by atoms with E-state index in [0.29, 0.717) is 0 Å². The molecule has 2 rings (SSSR count). The van der Waals surface area contributed by atoms with Crippen LogP contribution in [-0.2, 0) is 9.84 Å². The van der Waals surface area contributed by atoms with Gasteiger partial charge in [-0.15, -0.1) is 0 Å². The van der Waals surface area contributed by atoms with E-state index in [4.69, 9.17) is 5.11 Å². The number of carboxylic acid groups (broad SMARTS) is 1. The van der Waals surface area contributed by atoms with Crippen molar-refractivity contribution in [2.45, 2.75) is 4.90 Å². The van der Waals surface area contributed by atoms with Crippen molar-refractivity contribution in [3.8, 4) is 5.69 Å². The number of benzene rings is 1. The van der Waals surface area contributed by atoms with Crippen LogP contribution in [0.15, 0.2) is 46.1 Å². The first kappa shape index (κ1) is 13.9. The Bertz CT molecular complexity index is 839. The minimum atomic E-state index is -3.43. The van der Waals surface area contributed by atoms with E-state index >= 15 is 0 Å². The molecule has 0 spiro atoms. The van der Waals surface area contributed by atoms with Crippen LogP contribution in [0.3, 0.4) is 0 Å². The molecule has 1 heterocycles. The summed E-state index contributed by atoms with van der Waals surface area (Å²) in [4.78, 5) is 22.6. The van der Waals surface area contributed by atoms with Gasteiger partial charge in [0.25, 0.3) is 5.56 Å². The molecule has 0 saturated carbocycles. The zero-order valence-electron chi connectivity index (χ0n) is 10.3. The number of nitrogens with zero attached hydrogens (tertiary/aromatic N) is 2. The molecule has 0 unspecified atom stereocenters. The van der Waals surface area contributed by atoms with Gasteiger partial charge < -0.3 is 5.11 Å². The maximum Gasteiger partial charge on any atom is 0.356 e. The van der Waals surface area contributed by atoms with E-state index in [-0.39, 0.29) is 16.3 Å². The minimum absolute atomic E-state index is 0.0180. The Labute approximate surface area is 114 Å². The zero-order valence-corrected chi connectivity index (χ0v) is 11.2. The fraction of sp³-hybridized carbons (Fsp3) is 0.0833. The lowest BCUT2D eigenvalue weighted by Crippen LogP contribution is -2.22. The average molecular weight is 294 g/mol. The second-order valence-electron chi connectivity index (χ2n) is 4.04. The van der Waals surface area contributed by atoms with Crippen LogP contribution in [0.25, 0.3) is 5.69 Å². The van der Waals surface area contributed by atoms with Crippen LogP contribution < -0.4 is 5.56 Å². The number of sulfone groups is 1. The van der Waals surface area contributed by atoms with Crippen molar-refractivity contribution in [3.05, 3.63) is 52.4 Å². The summed E-state index contributed by atoms with van der Waals surface area (Å²) >= 11 is 0. The normalized spacial score (nSPS) is 11.2. The Hall–Kier alpha value is -2.48. The maximum atomic E-state index is 11.7. The first-order valence-corrected chi connectivity index (χ1v) is 7.32. The Morgan fingerprint density at radius 3 is 2.55 bits per heavy atom. The molecule has 7 nitrogen and oxygen atoms in total. The van der Waals surface area contributed by atoms with Gasteiger partial charge in [0.2, 0.25) is 0 Å². The van der Waals surface area contributed by atoms with E-state index in [2.05, 4.69) is 5.10 Å². The molecule has 1 N–H and O–H groups in total. The summed E-state index contributed by atoms with van der Waals surface area (Å²) < 4.78 is 23.8. The number of rotatable bonds is 3. The molecule has 2 aromatic rings. The van der Waals surface area contributed by atoms with Crippen molar-refractivity contribution < 1.29 is 18.3 Å². The molecule has 0 atom stereocenters. The molecule has 0 fully saturated rings. The molecule has 104 valence electrons. The third-order valence-electron chi connectivity index (χ3n) is 2.51. The van der Waals surface area contributed by atoms with Crippen molar-refractivity contribution in [1.82, 2.24) is 9.78 Å². The number of carbonyl (C=O) groups is 1. The zero-order chi connectivity index (χ0) is 14.9. The van der Waals surface area contributed by atoms with E-state index in [1.54, 1.807) is 0 Å². The van der Waals surface area contributed by atoms with Crippen LogP contribution in [0, 0.1) is 0 Å². The summed E-state index contributed by atoms with van der Waals surface area (Å²) in [5, 5.41) is 12.5. The van der Waals surface area contributed by atoms with Gasteiger partial charge in [-0.3, -0.25) is 4.79 Å². The van der Waals surface area contributed by atoms with Gasteiger partial charge in [-0.05, 0) is 24.3 Å². The summed E-state index contributed by atoms with van der Waals surface area (Å²) in [6, 6.07) is 7.70. The van der Waals surface area contributed by atoms with Crippen LogP contribution in [0.1, 0.15) is 10.5 Å². The molecule has 0 aliphatic heterocycles. The second kappa shape index (κ2) is 4.89. The van der Waals surface area contributed by atoms with Gasteiger partial charge in [-0.1, -0.05) is 6.07 Å². The third-order valence-corrected chi connectivity index (χ3v) is 3.62. The van der Waals surface area contributed by atoms with Gasteiger partial charge in [-0.25, -0.2) is 13.2 Å². The predicted octanol–water partition coefficient (Wildman–Crippen LogP) is 0.334. The molecular weight excluding hydrogens is 284 g/mol. The van der Waals surface area contributed by atoms with Crippen molar-refractivity contribution in [1.29, 1.82) is 0 Å². The summed E-state index contributed by atoms with van der Waals surface area (Å²) in [5.74, 6) is -1.28. The lowest BCUT2D eigenvalue weighted by Gasteiger charge is -2.06. The van der Waals surface area contributed by atoms with Gasteiger partial charge in [0, 0.05) is 12.3 Å². The number of carboxylic acids is 1. The summed E-state index contributed by atoms with van der Waals surface area (Å²) in [5.41, 5.74) is -0.684. The van der Waals surface area contributed by atoms with Gasteiger partial charge in [0.1, 0.15) is 0 Å². The van der Waals surface area contributed by atoms with E-state index in [0.717, 1.165) is 23.1 Å². The van der Waals surface area contributed by atoms with Gasteiger partial charge in [0.05, 0.1) is 10.6 Å². The summed E-state index contributed by atoms with van der Waals surface area (Å²) in [6.07, 6.45) is 1.04.